The number of anilines is 2. The fourth-order valence-corrected chi connectivity index (χ4v) is 2.98. The summed E-state index contributed by atoms with van der Waals surface area (Å²) in [5.41, 5.74) is 2.51. The fourth-order valence-electron chi connectivity index (χ4n) is 2.98. The zero-order valence-electron chi connectivity index (χ0n) is 14.3. The van der Waals surface area contributed by atoms with E-state index in [1.54, 1.807) is 4.90 Å². The molecule has 0 saturated carbocycles. The van der Waals surface area contributed by atoms with Gasteiger partial charge in [-0.15, -0.1) is 0 Å². The van der Waals surface area contributed by atoms with Crippen molar-refractivity contribution < 1.29 is 14.0 Å². The van der Waals surface area contributed by atoms with Crippen LogP contribution in [0, 0.1) is 11.7 Å². The third kappa shape index (κ3) is 3.71. The average Bonchev–Trinajstić information content (AvgIpc) is 2.98. The van der Waals surface area contributed by atoms with E-state index in [2.05, 4.69) is 19.2 Å². The van der Waals surface area contributed by atoms with Crippen molar-refractivity contribution in [1.82, 2.24) is 0 Å². The van der Waals surface area contributed by atoms with Crippen molar-refractivity contribution in [2.75, 3.05) is 16.8 Å². The van der Waals surface area contributed by atoms with Crippen molar-refractivity contribution >= 4 is 23.2 Å². The zero-order valence-corrected chi connectivity index (χ0v) is 14.3. The SMILES string of the molecule is CC(C)c1ccc(N2CC[C@@H](C(=O)Nc3ccc(F)cc3)C2=O)cc1. The van der Waals surface area contributed by atoms with Crippen molar-refractivity contribution in [2.45, 2.75) is 26.2 Å². The first-order valence-corrected chi connectivity index (χ1v) is 8.43. The molecule has 1 heterocycles. The summed E-state index contributed by atoms with van der Waals surface area (Å²) in [5, 5.41) is 2.68. The molecule has 1 N–H and O–H groups in total. The van der Waals surface area contributed by atoms with E-state index in [0.717, 1.165) is 5.69 Å². The lowest BCUT2D eigenvalue weighted by molar-refractivity contribution is -0.129. The maximum atomic E-state index is 12.9. The van der Waals surface area contributed by atoms with Gasteiger partial charge < -0.3 is 10.2 Å². The van der Waals surface area contributed by atoms with Crippen LogP contribution in [0.25, 0.3) is 0 Å². The minimum atomic E-state index is -0.713. The normalized spacial score (nSPS) is 17.2. The first-order valence-electron chi connectivity index (χ1n) is 8.43. The van der Waals surface area contributed by atoms with Gasteiger partial charge in [-0.1, -0.05) is 26.0 Å². The van der Waals surface area contributed by atoms with Crippen molar-refractivity contribution in [2.24, 2.45) is 5.92 Å². The van der Waals surface area contributed by atoms with Crippen LogP contribution in [-0.2, 0) is 9.59 Å². The third-order valence-corrected chi connectivity index (χ3v) is 4.51. The molecule has 0 unspecified atom stereocenters. The van der Waals surface area contributed by atoms with Crippen molar-refractivity contribution in [3.63, 3.8) is 0 Å². The van der Waals surface area contributed by atoms with E-state index < -0.39 is 5.92 Å². The molecule has 1 saturated heterocycles. The minimum Gasteiger partial charge on any atom is -0.325 e. The molecule has 0 bridgehead atoms. The number of hydrogen-bond donors (Lipinski definition) is 1. The highest BCUT2D eigenvalue weighted by Gasteiger charge is 2.37. The number of benzene rings is 2. The predicted molar refractivity (Wildman–Crippen MR) is 96.0 cm³/mol. The molecule has 1 atom stereocenters. The maximum Gasteiger partial charge on any atom is 0.239 e. The van der Waals surface area contributed by atoms with Crippen LogP contribution >= 0.6 is 0 Å². The summed E-state index contributed by atoms with van der Waals surface area (Å²) in [6.07, 6.45) is 0.470. The van der Waals surface area contributed by atoms with Crippen LogP contribution in [0.4, 0.5) is 15.8 Å². The standard InChI is InChI=1S/C20H21FN2O2/c1-13(2)14-3-9-17(10-4-14)23-12-11-18(20(23)25)19(24)22-16-7-5-15(21)6-8-16/h3-10,13,18H,11-12H2,1-2H3,(H,22,24)/t18-/m0/s1. The highest BCUT2D eigenvalue weighted by Crippen LogP contribution is 2.27. The van der Waals surface area contributed by atoms with Crippen LogP contribution in [0.5, 0.6) is 0 Å². The summed E-state index contributed by atoms with van der Waals surface area (Å²) in [4.78, 5) is 26.6. The summed E-state index contributed by atoms with van der Waals surface area (Å²) in [6, 6.07) is 13.4. The molecule has 3 rings (SSSR count). The zero-order chi connectivity index (χ0) is 18.0. The molecule has 1 fully saturated rings. The molecule has 1 aliphatic rings. The van der Waals surface area contributed by atoms with Crippen molar-refractivity contribution in [3.05, 3.63) is 59.9 Å². The van der Waals surface area contributed by atoms with Gasteiger partial charge in [0.05, 0.1) is 0 Å². The van der Waals surface area contributed by atoms with Crippen LogP contribution in [0.3, 0.4) is 0 Å². The van der Waals surface area contributed by atoms with Gasteiger partial charge in [0.25, 0.3) is 0 Å². The third-order valence-electron chi connectivity index (χ3n) is 4.51. The lowest BCUT2D eigenvalue weighted by Crippen LogP contribution is -2.33. The van der Waals surface area contributed by atoms with Crippen molar-refractivity contribution in [3.8, 4) is 0 Å². The quantitative estimate of drug-likeness (QED) is 0.857. The van der Waals surface area contributed by atoms with Gasteiger partial charge in [-0.3, -0.25) is 9.59 Å². The summed E-state index contributed by atoms with van der Waals surface area (Å²) in [6.45, 7) is 4.75. The van der Waals surface area contributed by atoms with Gasteiger partial charge in [0.1, 0.15) is 11.7 Å². The second-order valence-electron chi connectivity index (χ2n) is 6.57. The lowest BCUT2D eigenvalue weighted by Gasteiger charge is -2.18. The van der Waals surface area contributed by atoms with Crippen LogP contribution in [0.15, 0.2) is 48.5 Å². The number of hydrogen-bond acceptors (Lipinski definition) is 2. The topological polar surface area (TPSA) is 49.4 Å². The average molecular weight is 340 g/mol. The molecule has 0 aromatic heterocycles. The predicted octanol–water partition coefficient (Wildman–Crippen LogP) is 3.94. The lowest BCUT2D eigenvalue weighted by atomic mass is 10.0. The van der Waals surface area contributed by atoms with E-state index >= 15 is 0 Å². The summed E-state index contributed by atoms with van der Waals surface area (Å²) in [5.74, 6) is -1.20. The van der Waals surface area contributed by atoms with Crippen LogP contribution in [0.1, 0.15) is 31.7 Å². The first-order chi connectivity index (χ1) is 12.0. The van der Waals surface area contributed by atoms with Gasteiger partial charge in [0.2, 0.25) is 11.8 Å². The van der Waals surface area contributed by atoms with E-state index in [4.69, 9.17) is 0 Å². The highest BCUT2D eigenvalue weighted by molar-refractivity contribution is 6.13. The molecule has 4 nitrogen and oxygen atoms in total. The van der Waals surface area contributed by atoms with E-state index in [1.807, 2.05) is 24.3 Å². The fraction of sp³-hybridized carbons (Fsp3) is 0.300. The molecule has 130 valence electrons. The van der Waals surface area contributed by atoms with E-state index in [0.29, 0.717) is 24.6 Å². The van der Waals surface area contributed by atoms with Gasteiger partial charge in [-0.2, -0.15) is 0 Å². The molecular formula is C20H21FN2O2. The molecular weight excluding hydrogens is 319 g/mol. The van der Waals surface area contributed by atoms with Gasteiger partial charge in [0, 0.05) is 17.9 Å². The Hall–Kier alpha value is -2.69. The van der Waals surface area contributed by atoms with Gasteiger partial charge in [-0.05, 0) is 54.3 Å². The number of halogens is 1. The first kappa shape index (κ1) is 17.1. The Morgan fingerprint density at radius 1 is 1.12 bits per heavy atom. The molecule has 2 aromatic carbocycles. The molecule has 2 aromatic rings. The maximum absolute atomic E-state index is 12.9. The molecule has 5 heteroatoms. The Morgan fingerprint density at radius 2 is 1.76 bits per heavy atom. The minimum absolute atomic E-state index is 0.197. The Bertz CT molecular complexity index is 769. The number of nitrogens with zero attached hydrogens (tertiary/aromatic N) is 1. The van der Waals surface area contributed by atoms with Crippen LogP contribution < -0.4 is 10.2 Å². The van der Waals surface area contributed by atoms with Crippen LogP contribution in [-0.4, -0.2) is 18.4 Å². The molecule has 2 amide bonds. The second kappa shape index (κ2) is 7.05. The Labute approximate surface area is 146 Å². The number of carbonyl (C=O) groups is 2. The van der Waals surface area contributed by atoms with Gasteiger partial charge in [-0.25, -0.2) is 4.39 Å². The highest BCUT2D eigenvalue weighted by atomic mass is 19.1. The Morgan fingerprint density at radius 3 is 2.36 bits per heavy atom. The second-order valence-corrected chi connectivity index (χ2v) is 6.57. The Kier molecular flexibility index (Phi) is 4.83. The monoisotopic (exact) mass is 340 g/mol. The smallest absolute Gasteiger partial charge is 0.239 e. The van der Waals surface area contributed by atoms with E-state index in [-0.39, 0.29) is 17.6 Å². The molecule has 0 aliphatic carbocycles. The van der Waals surface area contributed by atoms with Crippen LogP contribution in [0.2, 0.25) is 0 Å². The van der Waals surface area contributed by atoms with E-state index in [9.17, 15) is 14.0 Å². The summed E-state index contributed by atoms with van der Waals surface area (Å²) >= 11 is 0. The van der Waals surface area contributed by atoms with Gasteiger partial charge >= 0.3 is 0 Å². The summed E-state index contributed by atoms with van der Waals surface area (Å²) in [7, 11) is 0. The molecule has 0 radical (unpaired) electrons. The van der Waals surface area contributed by atoms with Gasteiger partial charge in [0.15, 0.2) is 0 Å². The van der Waals surface area contributed by atoms with E-state index in [1.165, 1.54) is 29.8 Å². The largest absolute Gasteiger partial charge is 0.325 e. The number of rotatable bonds is 4. The number of nitrogens with one attached hydrogen (secondary N) is 1. The number of carbonyl (C=O) groups excluding carboxylic acids is 2. The Balaban J connectivity index is 1.68. The number of amides is 2. The molecule has 0 spiro atoms. The molecule has 25 heavy (non-hydrogen) atoms. The molecule has 1 aliphatic heterocycles. The summed E-state index contributed by atoms with van der Waals surface area (Å²) < 4.78 is 12.9. The van der Waals surface area contributed by atoms with Crippen molar-refractivity contribution in [1.29, 1.82) is 0 Å².